The van der Waals surface area contributed by atoms with Crippen LogP contribution in [0.4, 0.5) is 10.1 Å². The summed E-state index contributed by atoms with van der Waals surface area (Å²) < 4.78 is 23.6. The Morgan fingerprint density at radius 3 is 2.43 bits per heavy atom. The molecule has 0 amide bonds. The van der Waals surface area contributed by atoms with E-state index >= 15 is 0 Å². The van der Waals surface area contributed by atoms with Crippen LogP contribution < -0.4 is 5.32 Å². The molecule has 0 aromatic heterocycles. The van der Waals surface area contributed by atoms with Crippen LogP contribution in [0.25, 0.3) is 0 Å². The maximum absolute atomic E-state index is 13.6. The number of ether oxygens (including phenoxy) is 2. The van der Waals surface area contributed by atoms with Gasteiger partial charge < -0.3 is 19.9 Å². The van der Waals surface area contributed by atoms with E-state index in [0.717, 1.165) is 18.3 Å². The van der Waals surface area contributed by atoms with Gasteiger partial charge in [-0.1, -0.05) is 0 Å². The molecule has 8 heteroatoms. The minimum Gasteiger partial charge on any atom is -0.507 e. The summed E-state index contributed by atoms with van der Waals surface area (Å²) in [6, 6.07) is 2.14. The third-order valence-corrected chi connectivity index (χ3v) is 3.16. The molecule has 112 valence electrons. The van der Waals surface area contributed by atoms with Crippen LogP contribution in [0.15, 0.2) is 28.4 Å². The number of phenols is 1. The largest absolute Gasteiger partial charge is 0.507 e. The molecule has 1 aliphatic heterocycles. The predicted octanol–water partition coefficient (Wildman–Crippen LogP) is 2.43. The standard InChI is InChI=1S/C13H11BrFNO5/c1-13(2)20-11(18)6(12(19)21-13)5-16-9-4-10(17)7(14)3-8(9)15/h3-5,16-17H,1-2H3. The lowest BCUT2D eigenvalue weighted by atomic mass is 10.2. The molecule has 1 aromatic rings. The van der Waals surface area contributed by atoms with E-state index in [4.69, 9.17) is 9.47 Å². The maximum Gasteiger partial charge on any atom is 0.350 e. The Morgan fingerprint density at radius 1 is 1.29 bits per heavy atom. The van der Waals surface area contributed by atoms with Gasteiger partial charge >= 0.3 is 11.9 Å². The molecule has 0 bridgehead atoms. The van der Waals surface area contributed by atoms with Crippen molar-refractivity contribution < 1.29 is 28.6 Å². The second kappa shape index (κ2) is 5.36. The molecule has 0 aliphatic carbocycles. The van der Waals surface area contributed by atoms with E-state index in [1.54, 1.807) is 0 Å². The fraction of sp³-hybridized carbons (Fsp3) is 0.231. The Kier molecular flexibility index (Phi) is 3.91. The van der Waals surface area contributed by atoms with Crippen molar-refractivity contribution in [2.75, 3.05) is 5.32 Å². The summed E-state index contributed by atoms with van der Waals surface area (Å²) in [6.07, 6.45) is 0.964. The number of hydrogen-bond acceptors (Lipinski definition) is 6. The summed E-state index contributed by atoms with van der Waals surface area (Å²) in [4.78, 5) is 23.3. The van der Waals surface area contributed by atoms with Crippen LogP contribution in [0.3, 0.4) is 0 Å². The monoisotopic (exact) mass is 359 g/mol. The summed E-state index contributed by atoms with van der Waals surface area (Å²) in [7, 11) is 0. The zero-order valence-corrected chi connectivity index (χ0v) is 12.7. The van der Waals surface area contributed by atoms with Gasteiger partial charge in [-0.25, -0.2) is 14.0 Å². The highest BCUT2D eigenvalue weighted by molar-refractivity contribution is 9.10. The van der Waals surface area contributed by atoms with E-state index in [2.05, 4.69) is 21.2 Å². The number of aromatic hydroxyl groups is 1. The van der Waals surface area contributed by atoms with Gasteiger partial charge in [0.05, 0.1) is 10.2 Å². The lowest BCUT2D eigenvalue weighted by Gasteiger charge is -2.29. The zero-order chi connectivity index (χ0) is 15.8. The van der Waals surface area contributed by atoms with Gasteiger partial charge in [-0.05, 0) is 22.0 Å². The van der Waals surface area contributed by atoms with Gasteiger partial charge in [0.1, 0.15) is 11.6 Å². The third-order valence-electron chi connectivity index (χ3n) is 2.53. The predicted molar refractivity (Wildman–Crippen MR) is 73.7 cm³/mol. The first kappa shape index (κ1) is 15.3. The minimum atomic E-state index is -1.34. The molecule has 2 rings (SSSR count). The lowest BCUT2D eigenvalue weighted by molar-refractivity contribution is -0.222. The normalized spacial score (nSPS) is 17.0. The number of cyclic esters (lactones) is 2. The number of benzene rings is 1. The van der Waals surface area contributed by atoms with Crippen molar-refractivity contribution in [2.45, 2.75) is 19.6 Å². The van der Waals surface area contributed by atoms with E-state index in [1.165, 1.54) is 13.8 Å². The van der Waals surface area contributed by atoms with Crippen molar-refractivity contribution in [1.82, 2.24) is 0 Å². The number of carbonyl (C=O) groups excluding carboxylic acids is 2. The van der Waals surface area contributed by atoms with Gasteiger partial charge in [0.2, 0.25) is 0 Å². The van der Waals surface area contributed by atoms with Gasteiger partial charge in [-0.3, -0.25) is 0 Å². The molecule has 6 nitrogen and oxygen atoms in total. The quantitative estimate of drug-likeness (QED) is 0.479. The molecule has 2 N–H and O–H groups in total. The first-order valence-corrected chi connectivity index (χ1v) is 6.60. The number of phenolic OH excluding ortho intramolecular Hbond substituents is 1. The van der Waals surface area contributed by atoms with Gasteiger partial charge in [0.25, 0.3) is 5.79 Å². The molecule has 21 heavy (non-hydrogen) atoms. The van der Waals surface area contributed by atoms with Crippen molar-refractivity contribution in [2.24, 2.45) is 0 Å². The van der Waals surface area contributed by atoms with E-state index in [9.17, 15) is 19.1 Å². The summed E-state index contributed by atoms with van der Waals surface area (Å²) in [5.74, 6) is -4.00. The van der Waals surface area contributed by atoms with E-state index < -0.39 is 29.1 Å². The van der Waals surface area contributed by atoms with E-state index in [0.29, 0.717) is 0 Å². The van der Waals surface area contributed by atoms with Gasteiger partial charge in [0.15, 0.2) is 5.57 Å². The maximum atomic E-state index is 13.6. The number of anilines is 1. The molecule has 0 saturated carbocycles. The van der Waals surface area contributed by atoms with E-state index in [1.807, 2.05) is 0 Å². The smallest absolute Gasteiger partial charge is 0.350 e. The molecule has 0 unspecified atom stereocenters. The average molecular weight is 360 g/mol. The first-order valence-electron chi connectivity index (χ1n) is 5.81. The van der Waals surface area contributed by atoms with Crippen LogP contribution in [-0.4, -0.2) is 22.8 Å². The van der Waals surface area contributed by atoms with Crippen molar-refractivity contribution in [3.8, 4) is 5.75 Å². The number of hydrogen-bond donors (Lipinski definition) is 2. The molecule has 1 saturated heterocycles. The SMILES string of the molecule is CC1(C)OC(=O)C(=CNc2cc(O)c(Br)cc2F)C(=O)O1. The van der Waals surface area contributed by atoms with Gasteiger partial charge in [-0.15, -0.1) is 0 Å². The molecular formula is C13H11BrFNO5. The highest BCUT2D eigenvalue weighted by atomic mass is 79.9. The Hall–Kier alpha value is -2.09. The number of rotatable bonds is 2. The number of halogens is 2. The molecule has 0 atom stereocenters. The number of nitrogens with one attached hydrogen (secondary N) is 1. The molecule has 1 aliphatic rings. The highest BCUT2D eigenvalue weighted by Gasteiger charge is 2.38. The first-order chi connectivity index (χ1) is 9.69. The molecule has 0 radical (unpaired) electrons. The molecule has 1 aromatic carbocycles. The fourth-order valence-electron chi connectivity index (χ4n) is 1.58. The van der Waals surface area contributed by atoms with Crippen molar-refractivity contribution in [3.05, 3.63) is 34.2 Å². The molecular weight excluding hydrogens is 349 g/mol. The van der Waals surface area contributed by atoms with Crippen LogP contribution in [0.1, 0.15) is 13.8 Å². The molecule has 1 fully saturated rings. The molecule has 1 heterocycles. The minimum absolute atomic E-state index is 0.117. The third kappa shape index (κ3) is 3.33. The average Bonchev–Trinajstić information content (AvgIpc) is 2.32. The summed E-state index contributed by atoms with van der Waals surface area (Å²) >= 11 is 2.96. The Balaban J connectivity index is 2.24. The zero-order valence-electron chi connectivity index (χ0n) is 11.1. The summed E-state index contributed by atoms with van der Waals surface area (Å²) in [6.45, 7) is 2.83. The van der Waals surface area contributed by atoms with E-state index in [-0.39, 0.29) is 15.9 Å². The van der Waals surface area contributed by atoms with Crippen LogP contribution in [0.2, 0.25) is 0 Å². The van der Waals surface area contributed by atoms with Crippen LogP contribution in [0, 0.1) is 5.82 Å². The van der Waals surface area contributed by atoms with Crippen LogP contribution in [-0.2, 0) is 19.1 Å². The Labute approximate surface area is 127 Å². The van der Waals surface area contributed by atoms with Gasteiger partial charge in [0, 0.05) is 26.1 Å². The van der Waals surface area contributed by atoms with Crippen LogP contribution in [0.5, 0.6) is 5.75 Å². The van der Waals surface area contributed by atoms with Gasteiger partial charge in [-0.2, -0.15) is 0 Å². The van der Waals surface area contributed by atoms with Crippen molar-refractivity contribution in [1.29, 1.82) is 0 Å². The second-order valence-electron chi connectivity index (χ2n) is 4.66. The summed E-state index contributed by atoms with van der Waals surface area (Å²) in [5.41, 5.74) is -0.523. The topological polar surface area (TPSA) is 84.9 Å². The number of carbonyl (C=O) groups is 2. The van der Waals surface area contributed by atoms with Crippen LogP contribution >= 0.6 is 15.9 Å². The fourth-order valence-corrected chi connectivity index (χ4v) is 1.89. The summed E-state index contributed by atoms with van der Waals surface area (Å²) in [5, 5.41) is 11.9. The van der Waals surface area contributed by atoms with Crippen molar-refractivity contribution in [3.63, 3.8) is 0 Å². The second-order valence-corrected chi connectivity index (χ2v) is 5.52. The Bertz CT molecular complexity index is 634. The van der Waals surface area contributed by atoms with Crippen molar-refractivity contribution >= 4 is 33.6 Å². The number of esters is 2. The molecule has 0 spiro atoms. The lowest BCUT2D eigenvalue weighted by Crippen LogP contribution is -2.42. The highest BCUT2D eigenvalue weighted by Crippen LogP contribution is 2.30. The Morgan fingerprint density at radius 2 is 1.86 bits per heavy atom.